The standard InChI is InChI=1S/C14H17ClN2OS/c1-10(2)9-16-14(19)17-13(18)8-5-11-3-6-12(15)7-4-11/h3-8,10H,9H2,1-2H3,(H2,16,17,18,19)/b8-5+. The maximum Gasteiger partial charge on any atom is 0.250 e. The second kappa shape index (κ2) is 7.92. The Morgan fingerprint density at radius 1 is 1.37 bits per heavy atom. The molecule has 1 amide bonds. The zero-order valence-electron chi connectivity index (χ0n) is 10.9. The molecule has 0 aliphatic heterocycles. The summed E-state index contributed by atoms with van der Waals surface area (Å²) in [6.45, 7) is 4.87. The van der Waals surface area contributed by atoms with E-state index in [0.29, 0.717) is 16.1 Å². The van der Waals surface area contributed by atoms with E-state index in [1.165, 1.54) is 6.08 Å². The van der Waals surface area contributed by atoms with Crippen molar-refractivity contribution in [2.24, 2.45) is 5.92 Å². The lowest BCUT2D eigenvalue weighted by atomic mass is 10.2. The van der Waals surface area contributed by atoms with E-state index in [1.54, 1.807) is 18.2 Å². The van der Waals surface area contributed by atoms with Crippen LogP contribution < -0.4 is 10.6 Å². The first-order valence-corrected chi connectivity index (χ1v) is 6.78. The lowest BCUT2D eigenvalue weighted by Gasteiger charge is -2.09. The highest BCUT2D eigenvalue weighted by Gasteiger charge is 2.01. The van der Waals surface area contributed by atoms with Gasteiger partial charge in [0.25, 0.3) is 0 Å². The van der Waals surface area contributed by atoms with Gasteiger partial charge in [0.15, 0.2) is 5.11 Å². The SMILES string of the molecule is CC(C)CNC(=S)NC(=O)/C=C/c1ccc(Cl)cc1. The Kier molecular flexibility index (Phi) is 6.53. The molecule has 0 fully saturated rings. The van der Waals surface area contributed by atoms with Crippen molar-refractivity contribution in [2.75, 3.05) is 6.54 Å². The molecule has 0 spiro atoms. The van der Waals surface area contributed by atoms with Crippen molar-refractivity contribution in [1.82, 2.24) is 10.6 Å². The van der Waals surface area contributed by atoms with Gasteiger partial charge in [0, 0.05) is 17.6 Å². The summed E-state index contributed by atoms with van der Waals surface area (Å²) in [5, 5.41) is 6.57. The zero-order chi connectivity index (χ0) is 14.3. The quantitative estimate of drug-likeness (QED) is 0.663. The predicted molar refractivity (Wildman–Crippen MR) is 84.1 cm³/mol. The fraction of sp³-hybridized carbons (Fsp3) is 0.286. The minimum atomic E-state index is -0.254. The van der Waals surface area contributed by atoms with Gasteiger partial charge in [-0.15, -0.1) is 0 Å². The molecule has 0 unspecified atom stereocenters. The maximum absolute atomic E-state index is 11.6. The normalized spacial score (nSPS) is 10.7. The average Bonchev–Trinajstić information content (AvgIpc) is 2.36. The molecule has 0 bridgehead atoms. The summed E-state index contributed by atoms with van der Waals surface area (Å²) in [6.07, 6.45) is 3.14. The van der Waals surface area contributed by atoms with Gasteiger partial charge in [0.2, 0.25) is 5.91 Å². The number of nitrogens with one attached hydrogen (secondary N) is 2. The maximum atomic E-state index is 11.6. The van der Waals surface area contributed by atoms with Gasteiger partial charge in [0.1, 0.15) is 0 Å². The van der Waals surface area contributed by atoms with Gasteiger partial charge in [-0.05, 0) is 41.9 Å². The van der Waals surface area contributed by atoms with Crippen LogP contribution in [0.3, 0.4) is 0 Å². The topological polar surface area (TPSA) is 41.1 Å². The summed E-state index contributed by atoms with van der Waals surface area (Å²) >= 11 is 10.8. The third-order valence-electron chi connectivity index (χ3n) is 2.20. The molecule has 19 heavy (non-hydrogen) atoms. The van der Waals surface area contributed by atoms with Crippen LogP contribution in [0, 0.1) is 5.92 Å². The van der Waals surface area contributed by atoms with Crippen LogP contribution >= 0.6 is 23.8 Å². The molecule has 0 heterocycles. The van der Waals surface area contributed by atoms with E-state index >= 15 is 0 Å². The Morgan fingerprint density at radius 3 is 2.58 bits per heavy atom. The van der Waals surface area contributed by atoms with Gasteiger partial charge in [-0.1, -0.05) is 37.6 Å². The summed E-state index contributed by atoms with van der Waals surface area (Å²) in [6, 6.07) is 7.21. The Morgan fingerprint density at radius 2 is 2.00 bits per heavy atom. The van der Waals surface area contributed by atoms with Crippen LogP contribution in [0.1, 0.15) is 19.4 Å². The van der Waals surface area contributed by atoms with Gasteiger partial charge in [0.05, 0.1) is 0 Å². The van der Waals surface area contributed by atoms with Crippen LogP contribution in [-0.2, 0) is 4.79 Å². The molecule has 1 rings (SSSR count). The highest BCUT2D eigenvalue weighted by atomic mass is 35.5. The molecule has 0 aliphatic rings. The molecule has 0 atom stereocenters. The fourth-order valence-electron chi connectivity index (χ4n) is 1.24. The molecule has 102 valence electrons. The molecule has 1 aromatic carbocycles. The molecular weight excluding hydrogens is 280 g/mol. The van der Waals surface area contributed by atoms with E-state index in [0.717, 1.165) is 12.1 Å². The van der Waals surface area contributed by atoms with Gasteiger partial charge in [-0.3, -0.25) is 10.1 Å². The predicted octanol–water partition coefficient (Wildman–Crippen LogP) is 3.00. The second-order valence-electron chi connectivity index (χ2n) is 4.48. The van der Waals surface area contributed by atoms with E-state index in [4.69, 9.17) is 23.8 Å². The van der Waals surface area contributed by atoms with Crippen molar-refractivity contribution in [3.05, 3.63) is 40.9 Å². The number of benzene rings is 1. The summed E-state index contributed by atoms with van der Waals surface area (Å²) < 4.78 is 0. The highest BCUT2D eigenvalue weighted by Crippen LogP contribution is 2.10. The van der Waals surface area contributed by atoms with Crippen molar-refractivity contribution in [3.63, 3.8) is 0 Å². The summed E-state index contributed by atoms with van der Waals surface area (Å²) in [5.41, 5.74) is 0.903. The molecule has 0 radical (unpaired) electrons. The smallest absolute Gasteiger partial charge is 0.250 e. The largest absolute Gasteiger partial charge is 0.362 e. The number of carbonyl (C=O) groups is 1. The first-order valence-electron chi connectivity index (χ1n) is 6.00. The lowest BCUT2D eigenvalue weighted by Crippen LogP contribution is -2.39. The number of halogens is 1. The molecule has 5 heteroatoms. The number of rotatable bonds is 4. The molecule has 1 aromatic rings. The van der Waals surface area contributed by atoms with Crippen molar-refractivity contribution in [1.29, 1.82) is 0 Å². The van der Waals surface area contributed by atoms with Crippen molar-refractivity contribution < 1.29 is 4.79 Å². The number of carbonyl (C=O) groups excluding carboxylic acids is 1. The second-order valence-corrected chi connectivity index (χ2v) is 5.32. The summed E-state index contributed by atoms with van der Waals surface area (Å²) in [5.74, 6) is 0.218. The summed E-state index contributed by atoms with van der Waals surface area (Å²) in [4.78, 5) is 11.6. The molecule has 0 saturated heterocycles. The van der Waals surface area contributed by atoms with Gasteiger partial charge in [-0.2, -0.15) is 0 Å². The molecule has 0 saturated carbocycles. The number of hydrogen-bond acceptors (Lipinski definition) is 2. The third-order valence-corrected chi connectivity index (χ3v) is 2.70. The Balaban J connectivity index is 2.42. The molecular formula is C14H17ClN2OS. The van der Waals surface area contributed by atoms with E-state index < -0.39 is 0 Å². The van der Waals surface area contributed by atoms with Crippen LogP contribution in [0.15, 0.2) is 30.3 Å². The first-order chi connectivity index (χ1) is 8.97. The molecule has 2 N–H and O–H groups in total. The number of hydrogen-bond donors (Lipinski definition) is 2. The molecule has 3 nitrogen and oxygen atoms in total. The van der Waals surface area contributed by atoms with Crippen LogP contribution in [0.5, 0.6) is 0 Å². The van der Waals surface area contributed by atoms with Crippen molar-refractivity contribution >= 4 is 40.9 Å². The number of thiocarbonyl (C=S) groups is 1. The van der Waals surface area contributed by atoms with Gasteiger partial charge in [-0.25, -0.2) is 0 Å². The van der Waals surface area contributed by atoms with Crippen LogP contribution in [0.4, 0.5) is 0 Å². The zero-order valence-corrected chi connectivity index (χ0v) is 12.5. The van der Waals surface area contributed by atoms with E-state index in [2.05, 4.69) is 24.5 Å². The summed E-state index contributed by atoms with van der Waals surface area (Å²) in [7, 11) is 0. The van der Waals surface area contributed by atoms with E-state index in [1.807, 2.05) is 12.1 Å². The lowest BCUT2D eigenvalue weighted by molar-refractivity contribution is -0.115. The minimum absolute atomic E-state index is 0.254. The molecule has 0 aliphatic carbocycles. The Hall–Kier alpha value is -1.39. The first kappa shape index (κ1) is 15.7. The Labute approximate surface area is 124 Å². The van der Waals surface area contributed by atoms with Crippen LogP contribution in [0.2, 0.25) is 5.02 Å². The minimum Gasteiger partial charge on any atom is -0.362 e. The highest BCUT2D eigenvalue weighted by molar-refractivity contribution is 7.80. The van der Waals surface area contributed by atoms with Gasteiger partial charge >= 0.3 is 0 Å². The van der Waals surface area contributed by atoms with Crippen LogP contribution in [0.25, 0.3) is 6.08 Å². The van der Waals surface area contributed by atoms with E-state index in [9.17, 15) is 4.79 Å². The Bertz CT molecular complexity index is 469. The monoisotopic (exact) mass is 296 g/mol. The van der Waals surface area contributed by atoms with E-state index in [-0.39, 0.29) is 5.91 Å². The van der Waals surface area contributed by atoms with Crippen LogP contribution in [-0.4, -0.2) is 17.6 Å². The van der Waals surface area contributed by atoms with Crippen molar-refractivity contribution in [2.45, 2.75) is 13.8 Å². The average molecular weight is 297 g/mol. The molecule has 0 aromatic heterocycles. The third kappa shape index (κ3) is 6.94. The van der Waals surface area contributed by atoms with Gasteiger partial charge < -0.3 is 5.32 Å². The van der Waals surface area contributed by atoms with Crippen molar-refractivity contribution in [3.8, 4) is 0 Å². The fourth-order valence-corrected chi connectivity index (χ4v) is 1.55. The number of amides is 1.